The topological polar surface area (TPSA) is 93.4 Å². The minimum absolute atomic E-state index is 0.0181. The Morgan fingerprint density at radius 1 is 1.03 bits per heavy atom. The number of rotatable bonds is 5. The highest BCUT2D eigenvalue weighted by atomic mass is 16.2. The third-order valence-electron chi connectivity index (χ3n) is 5.12. The number of hydrogen-bond donors (Lipinski definition) is 3. The molecule has 0 atom stereocenters. The van der Waals surface area contributed by atoms with Gasteiger partial charge < -0.3 is 25.4 Å². The number of aromatic amines is 1. The van der Waals surface area contributed by atoms with E-state index in [-0.39, 0.29) is 5.56 Å². The SMILES string of the molecule is CN1CCN(c2ccc(NC(=O)c3c(Nc4cccnc4)cc[nH]c3=O)cc2)CC1. The van der Waals surface area contributed by atoms with Crippen LogP contribution in [0.1, 0.15) is 10.4 Å². The van der Waals surface area contributed by atoms with E-state index in [2.05, 4.69) is 37.4 Å². The van der Waals surface area contributed by atoms with E-state index in [0.29, 0.717) is 17.1 Å². The van der Waals surface area contributed by atoms with Gasteiger partial charge in [-0.2, -0.15) is 0 Å². The van der Waals surface area contributed by atoms with E-state index in [9.17, 15) is 9.59 Å². The normalized spacial score (nSPS) is 14.4. The minimum Gasteiger partial charge on any atom is -0.369 e. The molecular formula is C22H24N6O2. The van der Waals surface area contributed by atoms with Gasteiger partial charge in [-0.3, -0.25) is 14.6 Å². The molecule has 0 radical (unpaired) electrons. The molecule has 0 unspecified atom stereocenters. The Balaban J connectivity index is 1.49. The van der Waals surface area contributed by atoms with E-state index in [1.54, 1.807) is 24.5 Å². The average Bonchev–Trinajstić information content (AvgIpc) is 2.76. The molecule has 154 valence electrons. The van der Waals surface area contributed by atoms with Gasteiger partial charge in [-0.15, -0.1) is 0 Å². The second kappa shape index (κ2) is 8.79. The molecule has 0 bridgehead atoms. The zero-order valence-electron chi connectivity index (χ0n) is 16.8. The van der Waals surface area contributed by atoms with Gasteiger partial charge in [-0.05, 0) is 49.5 Å². The van der Waals surface area contributed by atoms with Crippen molar-refractivity contribution in [3.05, 3.63) is 77.0 Å². The van der Waals surface area contributed by atoms with E-state index in [4.69, 9.17) is 0 Å². The molecule has 1 aromatic carbocycles. The number of benzene rings is 1. The number of pyridine rings is 2. The molecule has 1 aliphatic rings. The second-order valence-electron chi connectivity index (χ2n) is 7.25. The first-order chi connectivity index (χ1) is 14.6. The molecule has 0 aliphatic carbocycles. The van der Waals surface area contributed by atoms with Crippen molar-refractivity contribution in [2.45, 2.75) is 0 Å². The summed E-state index contributed by atoms with van der Waals surface area (Å²) in [5, 5.41) is 5.90. The van der Waals surface area contributed by atoms with Gasteiger partial charge in [0.25, 0.3) is 11.5 Å². The lowest BCUT2D eigenvalue weighted by molar-refractivity contribution is 0.102. The first-order valence-electron chi connectivity index (χ1n) is 9.84. The van der Waals surface area contributed by atoms with Crippen molar-refractivity contribution in [3.8, 4) is 0 Å². The quantitative estimate of drug-likeness (QED) is 0.605. The maximum absolute atomic E-state index is 12.9. The summed E-state index contributed by atoms with van der Waals surface area (Å²) in [5.41, 5.74) is 2.41. The summed E-state index contributed by atoms with van der Waals surface area (Å²) in [4.78, 5) is 36.5. The zero-order valence-corrected chi connectivity index (χ0v) is 16.8. The molecule has 3 heterocycles. The number of H-pyrrole nitrogens is 1. The Morgan fingerprint density at radius 3 is 2.50 bits per heavy atom. The fraction of sp³-hybridized carbons (Fsp3) is 0.227. The number of nitrogens with zero attached hydrogens (tertiary/aromatic N) is 3. The number of aromatic nitrogens is 2. The van der Waals surface area contributed by atoms with Crippen molar-refractivity contribution in [1.82, 2.24) is 14.9 Å². The summed E-state index contributed by atoms with van der Waals surface area (Å²) in [6.45, 7) is 4.01. The number of carbonyl (C=O) groups is 1. The van der Waals surface area contributed by atoms with Crippen LogP contribution in [0.5, 0.6) is 0 Å². The fourth-order valence-electron chi connectivity index (χ4n) is 3.41. The van der Waals surface area contributed by atoms with Crippen LogP contribution in [-0.2, 0) is 0 Å². The van der Waals surface area contributed by atoms with Crippen LogP contribution in [0.2, 0.25) is 0 Å². The number of anilines is 4. The van der Waals surface area contributed by atoms with E-state index in [0.717, 1.165) is 31.9 Å². The van der Waals surface area contributed by atoms with E-state index in [1.807, 2.05) is 30.3 Å². The van der Waals surface area contributed by atoms with Crippen molar-refractivity contribution < 1.29 is 4.79 Å². The van der Waals surface area contributed by atoms with Crippen LogP contribution in [0.15, 0.2) is 65.8 Å². The first-order valence-corrected chi connectivity index (χ1v) is 9.84. The Hall–Kier alpha value is -3.65. The monoisotopic (exact) mass is 404 g/mol. The average molecular weight is 404 g/mol. The van der Waals surface area contributed by atoms with Gasteiger partial charge in [0.05, 0.1) is 17.6 Å². The predicted octanol–water partition coefficient (Wildman–Crippen LogP) is 2.52. The van der Waals surface area contributed by atoms with Crippen LogP contribution in [0.4, 0.5) is 22.7 Å². The van der Waals surface area contributed by atoms with Crippen molar-refractivity contribution >= 4 is 28.7 Å². The summed E-state index contributed by atoms with van der Waals surface area (Å²) >= 11 is 0. The lowest BCUT2D eigenvalue weighted by atomic mass is 10.2. The van der Waals surface area contributed by atoms with Gasteiger partial charge in [0, 0.05) is 49.9 Å². The van der Waals surface area contributed by atoms with Crippen molar-refractivity contribution in [2.75, 3.05) is 48.8 Å². The summed E-state index contributed by atoms with van der Waals surface area (Å²) < 4.78 is 0. The highest BCUT2D eigenvalue weighted by molar-refractivity contribution is 6.08. The zero-order chi connectivity index (χ0) is 20.9. The van der Waals surface area contributed by atoms with Gasteiger partial charge in [-0.1, -0.05) is 0 Å². The van der Waals surface area contributed by atoms with Gasteiger partial charge in [0.15, 0.2) is 0 Å². The molecule has 8 nitrogen and oxygen atoms in total. The number of hydrogen-bond acceptors (Lipinski definition) is 6. The maximum atomic E-state index is 12.9. The van der Waals surface area contributed by atoms with Gasteiger partial charge >= 0.3 is 0 Å². The molecule has 2 aromatic heterocycles. The fourth-order valence-corrected chi connectivity index (χ4v) is 3.41. The van der Waals surface area contributed by atoms with Crippen molar-refractivity contribution in [3.63, 3.8) is 0 Å². The Kier molecular flexibility index (Phi) is 5.76. The highest BCUT2D eigenvalue weighted by Crippen LogP contribution is 2.21. The molecule has 3 aromatic rings. The lowest BCUT2D eigenvalue weighted by Gasteiger charge is -2.34. The van der Waals surface area contributed by atoms with Crippen molar-refractivity contribution in [1.29, 1.82) is 0 Å². The summed E-state index contributed by atoms with van der Waals surface area (Å²) in [6.07, 6.45) is 4.78. The summed E-state index contributed by atoms with van der Waals surface area (Å²) in [7, 11) is 2.12. The van der Waals surface area contributed by atoms with Crippen LogP contribution >= 0.6 is 0 Å². The number of piperazine rings is 1. The summed E-state index contributed by atoms with van der Waals surface area (Å²) in [6, 6.07) is 12.9. The standard InChI is InChI=1S/C22H24N6O2/c1-27-11-13-28(14-12-27)18-6-4-16(5-7-18)26-22(30)20-19(8-10-24-21(20)29)25-17-3-2-9-23-15-17/h2-10,15H,11-14H2,1H3,(H,26,30)(H2,24,25,29). The molecule has 8 heteroatoms. The van der Waals surface area contributed by atoms with Crippen molar-refractivity contribution in [2.24, 2.45) is 0 Å². The second-order valence-corrected chi connectivity index (χ2v) is 7.25. The van der Waals surface area contributed by atoms with Gasteiger partial charge in [-0.25, -0.2) is 0 Å². The van der Waals surface area contributed by atoms with E-state index in [1.165, 1.54) is 6.20 Å². The van der Waals surface area contributed by atoms with Crippen LogP contribution in [0.25, 0.3) is 0 Å². The number of nitrogens with one attached hydrogen (secondary N) is 3. The highest BCUT2D eigenvalue weighted by Gasteiger charge is 2.17. The Morgan fingerprint density at radius 2 is 1.80 bits per heavy atom. The van der Waals surface area contributed by atoms with Gasteiger partial charge in [0.2, 0.25) is 0 Å². The molecule has 4 rings (SSSR count). The van der Waals surface area contributed by atoms with Crippen LogP contribution in [-0.4, -0.2) is 54.0 Å². The van der Waals surface area contributed by atoms with Crippen LogP contribution < -0.4 is 21.1 Å². The molecule has 3 N–H and O–H groups in total. The van der Waals surface area contributed by atoms with Gasteiger partial charge in [0.1, 0.15) is 5.56 Å². The minimum atomic E-state index is -0.476. The molecular weight excluding hydrogens is 380 g/mol. The smallest absolute Gasteiger partial charge is 0.263 e. The van der Waals surface area contributed by atoms with Crippen LogP contribution in [0.3, 0.4) is 0 Å². The molecule has 30 heavy (non-hydrogen) atoms. The number of amides is 1. The summed E-state index contributed by atoms with van der Waals surface area (Å²) in [5.74, 6) is -0.476. The third-order valence-corrected chi connectivity index (χ3v) is 5.12. The predicted molar refractivity (Wildman–Crippen MR) is 119 cm³/mol. The number of carbonyl (C=O) groups excluding carboxylic acids is 1. The molecule has 1 fully saturated rings. The lowest BCUT2D eigenvalue weighted by Crippen LogP contribution is -2.44. The van der Waals surface area contributed by atoms with Crippen LogP contribution in [0, 0.1) is 0 Å². The maximum Gasteiger partial charge on any atom is 0.263 e. The molecule has 1 aliphatic heterocycles. The van der Waals surface area contributed by atoms with E-state index < -0.39 is 11.5 Å². The molecule has 1 amide bonds. The third kappa shape index (κ3) is 4.49. The largest absolute Gasteiger partial charge is 0.369 e. The Bertz CT molecular complexity index is 1060. The first kappa shape index (κ1) is 19.7. The Labute approximate surface area is 174 Å². The molecule has 1 saturated heterocycles. The molecule has 0 saturated carbocycles. The molecule has 0 spiro atoms. The number of likely N-dealkylation sites (N-methyl/N-ethyl adjacent to an activating group) is 1. The van der Waals surface area contributed by atoms with E-state index >= 15 is 0 Å².